The zero-order chi connectivity index (χ0) is 15.0. The summed E-state index contributed by atoms with van der Waals surface area (Å²) in [5.41, 5.74) is 0.289. The van der Waals surface area contributed by atoms with Crippen molar-refractivity contribution in [1.82, 2.24) is 0 Å². The molecule has 0 spiro atoms. The second-order valence-corrected chi connectivity index (χ2v) is 6.56. The molecule has 0 aromatic heterocycles. The van der Waals surface area contributed by atoms with Gasteiger partial charge in [-0.2, -0.15) is 0 Å². The molecule has 0 aliphatic carbocycles. The lowest BCUT2D eigenvalue weighted by Crippen LogP contribution is -2.39. The Bertz CT molecular complexity index is 674. The molecule has 108 valence electrons. The van der Waals surface area contributed by atoms with Crippen LogP contribution in [0.5, 0.6) is 0 Å². The van der Waals surface area contributed by atoms with Gasteiger partial charge in [-0.05, 0) is 32.4 Å². The summed E-state index contributed by atoms with van der Waals surface area (Å²) in [6.07, 6.45) is 3.86. The number of benzene rings is 1. The lowest BCUT2D eigenvalue weighted by atomic mass is 9.73. The molecule has 4 heteroatoms. The third-order valence-electron chi connectivity index (χ3n) is 5.08. The predicted octanol–water partition coefficient (Wildman–Crippen LogP) is 2.22. The van der Waals surface area contributed by atoms with Crippen molar-refractivity contribution in [3.05, 3.63) is 42.0 Å². The van der Waals surface area contributed by atoms with E-state index in [1.54, 1.807) is 0 Å². The Morgan fingerprint density at radius 2 is 1.52 bits per heavy atom. The summed E-state index contributed by atoms with van der Waals surface area (Å²) in [6.45, 7) is 5.70. The number of anilines is 1. The predicted molar refractivity (Wildman–Crippen MR) is 77.7 cm³/mol. The number of aryl methyl sites for hydroxylation is 1. The number of ether oxygens (including phenoxy) is 1. The van der Waals surface area contributed by atoms with Gasteiger partial charge in [0.2, 0.25) is 11.8 Å². The number of nitrogens with zero attached hydrogens (tertiary/aromatic N) is 1. The van der Waals surface area contributed by atoms with Gasteiger partial charge < -0.3 is 4.74 Å². The Morgan fingerprint density at radius 3 is 2.05 bits per heavy atom. The lowest BCUT2D eigenvalue weighted by Gasteiger charge is -2.26. The number of rotatable bonds is 1. The first-order valence-corrected chi connectivity index (χ1v) is 7.21. The first kappa shape index (κ1) is 12.8. The highest BCUT2D eigenvalue weighted by Gasteiger charge is 2.70. The van der Waals surface area contributed by atoms with E-state index in [1.807, 2.05) is 57.2 Å². The molecule has 4 rings (SSSR count). The SMILES string of the molecule is Cc1ccccc1N1C(=O)[C@@H]2[C@H](C1=O)[C@@]1(C)C=C[C@@]2(C)O1. The van der Waals surface area contributed by atoms with Crippen LogP contribution in [0.25, 0.3) is 0 Å². The van der Waals surface area contributed by atoms with Crippen molar-refractivity contribution in [2.45, 2.75) is 32.0 Å². The minimum absolute atomic E-state index is 0.144. The Balaban J connectivity index is 1.85. The molecular formula is C17H17NO3. The monoisotopic (exact) mass is 283 g/mol. The average Bonchev–Trinajstić information content (AvgIpc) is 2.97. The van der Waals surface area contributed by atoms with Crippen molar-refractivity contribution >= 4 is 17.5 Å². The van der Waals surface area contributed by atoms with Crippen molar-refractivity contribution in [2.75, 3.05) is 4.90 Å². The highest BCUT2D eigenvalue weighted by atomic mass is 16.5. The Kier molecular flexibility index (Phi) is 2.21. The van der Waals surface area contributed by atoms with Crippen LogP contribution in [-0.4, -0.2) is 23.0 Å². The summed E-state index contributed by atoms with van der Waals surface area (Å²) in [6, 6.07) is 7.50. The number of imide groups is 1. The number of amides is 2. The largest absolute Gasteiger partial charge is 0.359 e. The van der Waals surface area contributed by atoms with Gasteiger partial charge in [0, 0.05) is 0 Å². The van der Waals surface area contributed by atoms with Crippen LogP contribution in [0, 0.1) is 18.8 Å². The molecule has 3 aliphatic rings. The van der Waals surface area contributed by atoms with Crippen LogP contribution in [0.1, 0.15) is 19.4 Å². The number of para-hydroxylation sites is 1. The van der Waals surface area contributed by atoms with Crippen LogP contribution in [0.3, 0.4) is 0 Å². The summed E-state index contributed by atoms with van der Waals surface area (Å²) in [4.78, 5) is 27.1. The maximum atomic E-state index is 12.9. The molecule has 3 heterocycles. The Morgan fingerprint density at radius 1 is 1.00 bits per heavy atom. The maximum Gasteiger partial charge on any atom is 0.241 e. The second-order valence-electron chi connectivity index (χ2n) is 6.56. The Labute approximate surface area is 123 Å². The minimum Gasteiger partial charge on any atom is -0.359 e. The third kappa shape index (κ3) is 1.38. The van der Waals surface area contributed by atoms with E-state index in [0.29, 0.717) is 5.69 Å². The molecule has 2 fully saturated rings. The van der Waals surface area contributed by atoms with Crippen LogP contribution in [-0.2, 0) is 14.3 Å². The first-order chi connectivity index (χ1) is 9.87. The van der Waals surface area contributed by atoms with E-state index in [4.69, 9.17) is 4.74 Å². The number of hydrogen-bond donors (Lipinski definition) is 0. The highest BCUT2D eigenvalue weighted by molar-refractivity contribution is 6.23. The van der Waals surface area contributed by atoms with Gasteiger partial charge >= 0.3 is 0 Å². The Hall–Kier alpha value is -1.94. The van der Waals surface area contributed by atoms with E-state index in [1.165, 1.54) is 4.90 Å². The van der Waals surface area contributed by atoms with E-state index in [2.05, 4.69) is 0 Å². The van der Waals surface area contributed by atoms with Crippen molar-refractivity contribution in [3.63, 3.8) is 0 Å². The van der Waals surface area contributed by atoms with Crippen molar-refractivity contribution in [3.8, 4) is 0 Å². The number of carbonyl (C=O) groups excluding carboxylic acids is 2. The second kappa shape index (κ2) is 3.63. The molecule has 4 nitrogen and oxygen atoms in total. The van der Waals surface area contributed by atoms with Gasteiger partial charge in [-0.3, -0.25) is 9.59 Å². The quantitative estimate of drug-likeness (QED) is 0.586. The van der Waals surface area contributed by atoms with Gasteiger partial charge in [-0.15, -0.1) is 0 Å². The molecule has 4 atom stereocenters. The van der Waals surface area contributed by atoms with Crippen molar-refractivity contribution in [1.29, 1.82) is 0 Å². The molecule has 21 heavy (non-hydrogen) atoms. The van der Waals surface area contributed by atoms with Crippen LogP contribution >= 0.6 is 0 Å². The van der Waals surface area contributed by atoms with E-state index in [0.717, 1.165) is 5.56 Å². The molecule has 0 unspecified atom stereocenters. The van der Waals surface area contributed by atoms with E-state index < -0.39 is 23.0 Å². The van der Waals surface area contributed by atoms with Gasteiger partial charge in [0.1, 0.15) is 0 Å². The molecule has 1 aromatic carbocycles. The van der Waals surface area contributed by atoms with Gasteiger partial charge in [0.25, 0.3) is 0 Å². The summed E-state index contributed by atoms with van der Waals surface area (Å²) in [7, 11) is 0. The van der Waals surface area contributed by atoms with Crippen LogP contribution in [0.4, 0.5) is 5.69 Å². The molecule has 0 N–H and O–H groups in total. The summed E-state index contributed by atoms with van der Waals surface area (Å²) < 4.78 is 5.99. The van der Waals surface area contributed by atoms with Gasteiger partial charge in [0.15, 0.2) is 0 Å². The fourth-order valence-electron chi connectivity index (χ4n) is 4.08. The molecule has 2 saturated heterocycles. The topological polar surface area (TPSA) is 46.6 Å². The molecule has 2 bridgehead atoms. The van der Waals surface area contributed by atoms with Gasteiger partial charge in [0.05, 0.1) is 28.7 Å². The third-order valence-corrected chi connectivity index (χ3v) is 5.08. The standard InChI is InChI=1S/C17H17NO3/c1-10-6-4-5-7-11(10)18-14(19)12-13(15(18)20)17(3)9-8-16(12,2)21-17/h4-9,12-13H,1-3H3/t12-,13+,16-,17-/m1/s1. The first-order valence-electron chi connectivity index (χ1n) is 7.21. The summed E-state index contributed by atoms with van der Waals surface area (Å²) in [5, 5.41) is 0. The van der Waals surface area contributed by atoms with Crippen molar-refractivity contribution in [2.24, 2.45) is 11.8 Å². The van der Waals surface area contributed by atoms with Gasteiger partial charge in [-0.1, -0.05) is 30.4 Å². The van der Waals surface area contributed by atoms with Crippen LogP contribution in [0.15, 0.2) is 36.4 Å². The van der Waals surface area contributed by atoms with E-state index >= 15 is 0 Å². The van der Waals surface area contributed by atoms with Crippen molar-refractivity contribution < 1.29 is 14.3 Å². The molecule has 2 amide bonds. The highest BCUT2D eigenvalue weighted by Crippen LogP contribution is 2.57. The fraction of sp³-hybridized carbons (Fsp3) is 0.412. The van der Waals surface area contributed by atoms with Crippen LogP contribution in [0.2, 0.25) is 0 Å². The van der Waals surface area contributed by atoms with E-state index in [-0.39, 0.29) is 11.8 Å². The van der Waals surface area contributed by atoms with E-state index in [9.17, 15) is 9.59 Å². The zero-order valence-electron chi connectivity index (χ0n) is 12.3. The number of carbonyl (C=O) groups is 2. The molecule has 1 aromatic rings. The summed E-state index contributed by atoms with van der Waals surface area (Å²) in [5.74, 6) is -1.12. The van der Waals surface area contributed by atoms with Gasteiger partial charge in [-0.25, -0.2) is 4.90 Å². The zero-order valence-corrected chi connectivity index (χ0v) is 12.3. The fourth-order valence-corrected chi connectivity index (χ4v) is 4.08. The average molecular weight is 283 g/mol. The van der Waals surface area contributed by atoms with Crippen LogP contribution < -0.4 is 4.90 Å². The molecule has 3 aliphatic heterocycles. The normalized spacial score (nSPS) is 40.2. The lowest BCUT2D eigenvalue weighted by molar-refractivity contribution is -0.128. The molecular weight excluding hydrogens is 266 g/mol. The molecule has 0 radical (unpaired) electrons. The number of fused-ring (bicyclic) bond motifs is 5. The minimum atomic E-state index is -0.663. The molecule has 0 saturated carbocycles. The number of hydrogen-bond acceptors (Lipinski definition) is 3. The maximum absolute atomic E-state index is 12.9. The summed E-state index contributed by atoms with van der Waals surface area (Å²) >= 11 is 0. The smallest absolute Gasteiger partial charge is 0.241 e.